The van der Waals surface area contributed by atoms with Crippen molar-refractivity contribution in [2.75, 3.05) is 67.1 Å². The summed E-state index contributed by atoms with van der Waals surface area (Å²) in [7, 11) is -0.420. The van der Waals surface area contributed by atoms with E-state index in [1.165, 1.54) is 17.0 Å². The van der Waals surface area contributed by atoms with Crippen LogP contribution in [0, 0.1) is 10.1 Å². The Morgan fingerprint density at radius 3 is 1.59 bits per heavy atom. The van der Waals surface area contributed by atoms with Crippen LogP contribution in [0.15, 0.2) is 107 Å². The summed E-state index contributed by atoms with van der Waals surface area (Å²) in [5.41, 5.74) is 5.66. The van der Waals surface area contributed by atoms with E-state index >= 15 is 0 Å². The Bertz CT molecular complexity index is 2040. The van der Waals surface area contributed by atoms with Gasteiger partial charge >= 0.3 is 0 Å². The van der Waals surface area contributed by atoms with Crippen molar-refractivity contribution in [3.63, 3.8) is 0 Å². The van der Waals surface area contributed by atoms with Crippen LogP contribution in [0.25, 0.3) is 0 Å². The van der Waals surface area contributed by atoms with Gasteiger partial charge < -0.3 is 14.5 Å². The monoisotopic (exact) mass is 727 g/mol. The Hall–Kier alpha value is -5.34. The van der Waals surface area contributed by atoms with Crippen LogP contribution in [-0.2, 0) is 31.2 Å². The van der Waals surface area contributed by atoms with E-state index in [2.05, 4.69) is 9.98 Å². The molecule has 4 aromatic carbocycles. The Morgan fingerprint density at radius 1 is 0.706 bits per heavy atom. The molecule has 2 aliphatic rings. The molecule has 4 aromatic rings. The number of benzene rings is 4. The molecule has 2 heterocycles. The minimum atomic E-state index is -1.06. The fourth-order valence-corrected chi connectivity index (χ4v) is 6.53. The van der Waals surface area contributed by atoms with Crippen molar-refractivity contribution in [2.24, 2.45) is 9.98 Å². The number of fused-ring (bicyclic) bond motifs is 2. The summed E-state index contributed by atoms with van der Waals surface area (Å²) in [5.74, 6) is 1.13. The molecule has 12 nitrogen and oxygen atoms in total. The third kappa shape index (κ3) is 9.07. The maximum atomic E-state index is 12.6. The van der Waals surface area contributed by atoms with Gasteiger partial charge in [0.25, 0.3) is 5.69 Å². The van der Waals surface area contributed by atoms with Gasteiger partial charge in [-0.3, -0.25) is 38.1 Å². The van der Waals surface area contributed by atoms with Gasteiger partial charge in [-0.25, -0.2) is 0 Å². The van der Waals surface area contributed by atoms with Crippen molar-refractivity contribution < 1.29 is 27.7 Å². The number of nitro groups is 1. The fraction of sp³-hybridized carbons (Fsp3) is 0.243. The van der Waals surface area contributed by atoms with Crippen LogP contribution in [-0.4, -0.2) is 93.9 Å². The van der Waals surface area contributed by atoms with Gasteiger partial charge in [-0.2, -0.15) is 0 Å². The normalized spacial score (nSPS) is 15.1. The molecule has 0 bridgehead atoms. The molecule has 2 atom stereocenters. The van der Waals surface area contributed by atoms with E-state index in [4.69, 9.17) is 4.74 Å². The predicted octanol–water partition coefficient (Wildman–Crippen LogP) is 4.42. The number of benzodiazepines with no additional fused rings is 2. The van der Waals surface area contributed by atoms with Crippen LogP contribution in [0.3, 0.4) is 0 Å². The molecule has 0 fully saturated rings. The van der Waals surface area contributed by atoms with Gasteiger partial charge in [0.15, 0.2) is 0 Å². The number of nitrogens with zero attached hydrogens (tertiary/aromatic N) is 5. The third-order valence-electron chi connectivity index (χ3n) is 8.13. The molecule has 51 heavy (non-hydrogen) atoms. The molecule has 6 rings (SSSR count). The molecule has 0 aromatic heterocycles. The zero-order valence-electron chi connectivity index (χ0n) is 28.4. The number of amides is 2. The molecule has 0 saturated carbocycles. The van der Waals surface area contributed by atoms with E-state index in [0.29, 0.717) is 40.8 Å². The molecular weight excluding hydrogens is 691 g/mol. The number of aliphatic imine (C=N–C) groups is 2. The first-order valence-electron chi connectivity index (χ1n) is 15.9. The SMILES string of the molecule is COc1ccc2c(c1)C(c1ccccc1)=NCC(=O)N2CCS(C)=O.CS(=O)CCN1C(=O)CN=C(c2ccccc2)c2cc([N+](=O)[O-])ccc21. The Kier molecular flexibility index (Phi) is 12.3. The van der Waals surface area contributed by atoms with Crippen molar-refractivity contribution in [2.45, 2.75) is 0 Å². The largest absolute Gasteiger partial charge is 0.497 e. The van der Waals surface area contributed by atoms with Crippen LogP contribution in [0.2, 0.25) is 0 Å². The quantitative estimate of drug-likeness (QED) is 0.173. The topological polar surface area (TPSA) is 152 Å². The molecule has 14 heteroatoms. The maximum absolute atomic E-state index is 12.6. The van der Waals surface area contributed by atoms with Crippen LogP contribution in [0.4, 0.5) is 17.1 Å². The lowest BCUT2D eigenvalue weighted by Crippen LogP contribution is -2.35. The van der Waals surface area contributed by atoms with Crippen molar-refractivity contribution in [1.29, 1.82) is 0 Å². The number of hydrogen-bond acceptors (Lipinski definition) is 9. The summed E-state index contributed by atoms with van der Waals surface area (Å²) in [6.45, 7) is 0.670. The number of methoxy groups -OCH3 is 1. The Morgan fingerprint density at radius 2 is 1.16 bits per heavy atom. The molecule has 0 spiro atoms. The highest BCUT2D eigenvalue weighted by Gasteiger charge is 2.28. The first-order chi connectivity index (χ1) is 24.6. The summed E-state index contributed by atoms with van der Waals surface area (Å²) >= 11 is 0. The standard InChI is InChI=1S/C19H20N2O3S.C18H17N3O4S/c1-24-15-8-9-17-16(12-15)19(14-6-4-3-5-7-14)20-13-18(22)21(17)10-11-25(2)23;1-26(25)10-9-20-16-8-7-14(21(23)24)11-15(16)18(19-12-17(20)22)13-5-3-2-4-6-13/h3-9,12H,10-11,13H2,1-2H3;2-8,11H,9-10,12H2,1H3. The van der Waals surface area contributed by atoms with E-state index in [1.807, 2.05) is 78.9 Å². The second-order valence-corrected chi connectivity index (χ2v) is 14.7. The van der Waals surface area contributed by atoms with Crippen molar-refractivity contribution >= 4 is 61.9 Å². The first-order valence-corrected chi connectivity index (χ1v) is 19.4. The third-order valence-corrected chi connectivity index (χ3v) is 9.65. The van der Waals surface area contributed by atoms with Gasteiger partial charge in [0, 0.05) is 93.1 Å². The molecule has 2 unspecified atom stereocenters. The second-order valence-electron chi connectivity index (χ2n) is 11.5. The van der Waals surface area contributed by atoms with Gasteiger partial charge in [0.2, 0.25) is 11.8 Å². The highest BCUT2D eigenvalue weighted by Crippen LogP contribution is 2.32. The Labute approximate surface area is 300 Å². The lowest BCUT2D eigenvalue weighted by Gasteiger charge is -2.23. The highest BCUT2D eigenvalue weighted by atomic mass is 32.2. The summed E-state index contributed by atoms with van der Waals surface area (Å²) in [6.07, 6.45) is 3.22. The number of hydrogen-bond donors (Lipinski definition) is 0. The minimum Gasteiger partial charge on any atom is -0.497 e. The summed E-state index contributed by atoms with van der Waals surface area (Å²) in [5, 5.41) is 11.2. The summed E-state index contributed by atoms with van der Waals surface area (Å²) in [4.78, 5) is 48.1. The van der Waals surface area contributed by atoms with Gasteiger partial charge in [-0.1, -0.05) is 60.7 Å². The maximum Gasteiger partial charge on any atom is 0.270 e. The zero-order chi connectivity index (χ0) is 36.5. The highest BCUT2D eigenvalue weighted by molar-refractivity contribution is 7.84. The molecule has 2 amide bonds. The molecule has 0 saturated heterocycles. The van der Waals surface area contributed by atoms with Crippen molar-refractivity contribution in [3.8, 4) is 5.75 Å². The number of rotatable bonds is 10. The number of ether oxygens (including phenoxy) is 1. The lowest BCUT2D eigenvalue weighted by atomic mass is 9.99. The van der Waals surface area contributed by atoms with Crippen molar-refractivity contribution in [3.05, 3.63) is 129 Å². The van der Waals surface area contributed by atoms with Gasteiger partial charge in [-0.05, 0) is 24.3 Å². The van der Waals surface area contributed by atoms with E-state index < -0.39 is 26.5 Å². The average molecular weight is 728 g/mol. The van der Waals surface area contributed by atoms with Crippen LogP contribution < -0.4 is 14.5 Å². The van der Waals surface area contributed by atoms with Gasteiger partial charge in [-0.15, -0.1) is 0 Å². The number of carbonyl (C=O) groups excluding carboxylic acids is 2. The zero-order valence-corrected chi connectivity index (χ0v) is 30.0. The summed E-state index contributed by atoms with van der Waals surface area (Å²) in [6, 6.07) is 29.0. The van der Waals surface area contributed by atoms with Gasteiger partial charge in [0.1, 0.15) is 18.8 Å². The average Bonchev–Trinajstić information content (AvgIpc) is 3.36. The molecule has 264 valence electrons. The second kappa shape index (κ2) is 17.1. The van der Waals surface area contributed by atoms with Crippen LogP contribution in [0.5, 0.6) is 5.75 Å². The summed E-state index contributed by atoms with van der Waals surface area (Å²) < 4.78 is 28.3. The molecular formula is C37H37N5O7S2. The molecule has 2 aliphatic heterocycles. The van der Waals surface area contributed by atoms with E-state index in [1.54, 1.807) is 30.6 Å². The smallest absolute Gasteiger partial charge is 0.270 e. The number of anilines is 2. The number of nitro benzene ring substituents is 1. The van der Waals surface area contributed by atoms with Crippen molar-refractivity contribution in [1.82, 2.24) is 0 Å². The minimum absolute atomic E-state index is 0.0664. The van der Waals surface area contributed by atoms with E-state index in [-0.39, 0.29) is 37.1 Å². The lowest BCUT2D eigenvalue weighted by molar-refractivity contribution is -0.384. The molecule has 0 radical (unpaired) electrons. The molecule has 0 N–H and O–H groups in total. The predicted molar refractivity (Wildman–Crippen MR) is 203 cm³/mol. The van der Waals surface area contributed by atoms with Gasteiger partial charge in [0.05, 0.1) is 34.8 Å². The van der Waals surface area contributed by atoms with E-state index in [9.17, 15) is 28.1 Å². The fourth-order valence-electron chi connectivity index (χ4n) is 5.65. The Balaban J connectivity index is 0.000000198. The van der Waals surface area contributed by atoms with Crippen LogP contribution in [0.1, 0.15) is 22.3 Å². The van der Waals surface area contributed by atoms with Crippen LogP contribution >= 0.6 is 0 Å². The number of non-ortho nitro benzene ring substituents is 1. The molecule has 0 aliphatic carbocycles. The number of carbonyl (C=O) groups is 2. The van der Waals surface area contributed by atoms with E-state index in [0.717, 1.165) is 28.1 Å². The first kappa shape index (κ1) is 36.9.